The lowest BCUT2D eigenvalue weighted by Crippen LogP contribution is -2.15. The highest BCUT2D eigenvalue weighted by Gasteiger charge is 2.10. The molecule has 2 rings (SSSR count). The average molecular weight is 321 g/mol. The number of carboxylic acid groups (broad SMARTS) is 1. The minimum absolute atomic E-state index is 0.0968. The molecule has 110 valence electrons. The van der Waals surface area contributed by atoms with Crippen LogP contribution in [0.3, 0.4) is 0 Å². The molecule has 0 spiro atoms. The Morgan fingerprint density at radius 1 is 1.29 bits per heavy atom. The van der Waals surface area contributed by atoms with Crippen LogP contribution >= 0.6 is 23.1 Å². The van der Waals surface area contributed by atoms with Crippen LogP contribution in [0.2, 0.25) is 0 Å². The zero-order chi connectivity index (χ0) is 15.4. The van der Waals surface area contributed by atoms with E-state index in [0.29, 0.717) is 0 Å². The van der Waals surface area contributed by atoms with Crippen molar-refractivity contribution in [2.45, 2.75) is 18.7 Å². The highest BCUT2D eigenvalue weighted by atomic mass is 32.2. The maximum atomic E-state index is 12.0. The van der Waals surface area contributed by atoms with Crippen molar-refractivity contribution >= 4 is 40.7 Å². The van der Waals surface area contributed by atoms with Gasteiger partial charge in [0.25, 0.3) is 0 Å². The van der Waals surface area contributed by atoms with Crippen LogP contribution in [-0.2, 0) is 4.79 Å². The van der Waals surface area contributed by atoms with Crippen molar-refractivity contribution in [3.8, 4) is 0 Å². The Labute approximate surface area is 131 Å². The number of amides is 1. The normalized spacial score (nSPS) is 10.4. The molecular weight excluding hydrogens is 306 g/mol. The number of hydrogen-bond donors (Lipinski definition) is 2. The Morgan fingerprint density at radius 2 is 1.95 bits per heavy atom. The first kappa shape index (κ1) is 15.6. The number of aryl methyl sites for hydroxylation is 2. The number of nitrogens with one attached hydrogen (secondary N) is 1. The molecule has 0 bridgehead atoms. The van der Waals surface area contributed by atoms with Crippen LogP contribution in [-0.4, -0.2) is 22.7 Å². The number of rotatable bonds is 5. The van der Waals surface area contributed by atoms with Gasteiger partial charge >= 0.3 is 5.97 Å². The minimum atomic E-state index is -0.938. The van der Waals surface area contributed by atoms with Crippen molar-refractivity contribution in [3.63, 3.8) is 0 Å². The summed E-state index contributed by atoms with van der Waals surface area (Å²) in [5.74, 6) is -0.781. The van der Waals surface area contributed by atoms with E-state index in [4.69, 9.17) is 5.11 Å². The number of carbonyl (C=O) groups excluding carboxylic acids is 1. The summed E-state index contributed by atoms with van der Waals surface area (Å²) in [4.78, 5) is 23.9. The number of aromatic carboxylic acids is 1. The van der Waals surface area contributed by atoms with Gasteiger partial charge in [-0.25, -0.2) is 4.79 Å². The van der Waals surface area contributed by atoms with Gasteiger partial charge < -0.3 is 10.4 Å². The van der Waals surface area contributed by atoms with Gasteiger partial charge in [-0.05, 0) is 31.0 Å². The van der Waals surface area contributed by atoms with Crippen molar-refractivity contribution in [1.82, 2.24) is 0 Å². The zero-order valence-corrected chi connectivity index (χ0v) is 13.3. The number of anilines is 1. The van der Waals surface area contributed by atoms with Crippen LogP contribution < -0.4 is 5.32 Å². The molecule has 0 saturated carbocycles. The van der Waals surface area contributed by atoms with Crippen molar-refractivity contribution in [2.24, 2.45) is 0 Å². The molecule has 4 nitrogen and oxygen atoms in total. The molecule has 1 heterocycles. The summed E-state index contributed by atoms with van der Waals surface area (Å²) in [5.41, 5.74) is 2.90. The molecule has 0 aliphatic rings. The number of carboxylic acids is 1. The van der Waals surface area contributed by atoms with E-state index in [1.807, 2.05) is 32.0 Å². The SMILES string of the molecule is Cc1cccc(C)c1NC(=O)CSc1csc(C(=O)O)c1. The molecule has 0 radical (unpaired) electrons. The lowest BCUT2D eigenvalue weighted by atomic mass is 10.1. The first-order valence-corrected chi connectivity index (χ1v) is 8.14. The third kappa shape index (κ3) is 4.09. The topological polar surface area (TPSA) is 66.4 Å². The third-order valence-electron chi connectivity index (χ3n) is 2.90. The number of carbonyl (C=O) groups is 2. The van der Waals surface area contributed by atoms with E-state index >= 15 is 0 Å². The van der Waals surface area contributed by atoms with E-state index in [0.717, 1.165) is 21.7 Å². The van der Waals surface area contributed by atoms with E-state index < -0.39 is 5.97 Å². The maximum absolute atomic E-state index is 12.0. The van der Waals surface area contributed by atoms with Gasteiger partial charge in [-0.1, -0.05) is 18.2 Å². The summed E-state index contributed by atoms with van der Waals surface area (Å²) in [6, 6.07) is 7.44. The number of hydrogen-bond acceptors (Lipinski definition) is 4. The molecule has 1 aromatic heterocycles. The van der Waals surface area contributed by atoms with Crippen LogP contribution in [0.5, 0.6) is 0 Å². The van der Waals surface area contributed by atoms with E-state index in [9.17, 15) is 9.59 Å². The van der Waals surface area contributed by atoms with Crippen LogP contribution in [0.1, 0.15) is 20.8 Å². The molecule has 0 atom stereocenters. The summed E-state index contributed by atoms with van der Waals surface area (Å²) in [5, 5.41) is 13.5. The van der Waals surface area contributed by atoms with Gasteiger partial charge in [0.15, 0.2) is 0 Å². The smallest absolute Gasteiger partial charge is 0.345 e. The van der Waals surface area contributed by atoms with Crippen molar-refractivity contribution < 1.29 is 14.7 Å². The molecule has 2 aromatic rings. The highest BCUT2D eigenvalue weighted by Crippen LogP contribution is 2.25. The molecule has 0 aliphatic carbocycles. The summed E-state index contributed by atoms with van der Waals surface area (Å²) in [6.07, 6.45) is 0. The standard InChI is InChI=1S/C15H15NO3S2/c1-9-4-3-5-10(2)14(9)16-13(17)8-20-11-6-12(15(18)19)21-7-11/h3-7H,8H2,1-2H3,(H,16,17)(H,18,19). The van der Waals surface area contributed by atoms with Crippen LogP contribution in [0.25, 0.3) is 0 Å². The van der Waals surface area contributed by atoms with Gasteiger partial charge in [-0.2, -0.15) is 0 Å². The molecule has 1 aromatic carbocycles. The largest absolute Gasteiger partial charge is 0.477 e. The fourth-order valence-corrected chi connectivity index (χ4v) is 3.51. The predicted octanol–water partition coefficient (Wildman–Crippen LogP) is 3.79. The Kier molecular flexibility index (Phi) is 5.03. The molecular formula is C15H15NO3S2. The van der Waals surface area contributed by atoms with Crippen molar-refractivity contribution in [3.05, 3.63) is 45.6 Å². The third-order valence-corrected chi connectivity index (χ3v) is 4.94. The molecule has 0 saturated heterocycles. The van der Waals surface area contributed by atoms with Crippen LogP contribution in [0.4, 0.5) is 5.69 Å². The molecule has 0 unspecified atom stereocenters. The van der Waals surface area contributed by atoms with E-state index in [-0.39, 0.29) is 16.5 Å². The van der Waals surface area contributed by atoms with E-state index in [1.54, 1.807) is 11.4 Å². The molecule has 21 heavy (non-hydrogen) atoms. The van der Waals surface area contributed by atoms with E-state index in [2.05, 4.69) is 5.32 Å². The zero-order valence-electron chi connectivity index (χ0n) is 11.7. The van der Waals surface area contributed by atoms with Gasteiger partial charge in [-0.15, -0.1) is 23.1 Å². The summed E-state index contributed by atoms with van der Waals surface area (Å²) < 4.78 is 0. The van der Waals surface area contributed by atoms with Gasteiger partial charge in [0.1, 0.15) is 4.88 Å². The Morgan fingerprint density at radius 3 is 2.52 bits per heavy atom. The Balaban J connectivity index is 1.94. The van der Waals surface area contributed by atoms with Crippen molar-refractivity contribution in [1.29, 1.82) is 0 Å². The average Bonchev–Trinajstić information content (AvgIpc) is 2.90. The lowest BCUT2D eigenvalue weighted by molar-refractivity contribution is -0.113. The first-order chi connectivity index (χ1) is 9.97. The summed E-state index contributed by atoms with van der Waals surface area (Å²) in [7, 11) is 0. The van der Waals surface area contributed by atoms with Crippen LogP contribution in [0.15, 0.2) is 34.5 Å². The molecule has 0 fully saturated rings. The monoisotopic (exact) mass is 321 g/mol. The molecule has 0 aliphatic heterocycles. The minimum Gasteiger partial charge on any atom is -0.477 e. The number of para-hydroxylation sites is 1. The fourth-order valence-electron chi connectivity index (χ4n) is 1.84. The van der Waals surface area contributed by atoms with Gasteiger partial charge in [0.05, 0.1) is 5.75 Å². The highest BCUT2D eigenvalue weighted by molar-refractivity contribution is 8.00. The fraction of sp³-hybridized carbons (Fsp3) is 0.200. The predicted molar refractivity (Wildman–Crippen MR) is 86.5 cm³/mol. The van der Waals surface area contributed by atoms with Gasteiger partial charge in [0, 0.05) is 16.0 Å². The molecule has 1 amide bonds. The van der Waals surface area contributed by atoms with Gasteiger partial charge in [-0.3, -0.25) is 4.79 Å². The quantitative estimate of drug-likeness (QED) is 0.822. The summed E-state index contributed by atoms with van der Waals surface area (Å²) in [6.45, 7) is 3.90. The second-order valence-electron chi connectivity index (χ2n) is 4.56. The van der Waals surface area contributed by atoms with E-state index in [1.165, 1.54) is 23.1 Å². The molecule has 6 heteroatoms. The lowest BCUT2D eigenvalue weighted by Gasteiger charge is -2.10. The number of benzene rings is 1. The second-order valence-corrected chi connectivity index (χ2v) is 6.52. The Bertz CT molecular complexity index is 659. The van der Waals surface area contributed by atoms with Gasteiger partial charge in [0.2, 0.25) is 5.91 Å². The summed E-state index contributed by atoms with van der Waals surface area (Å²) >= 11 is 2.50. The first-order valence-electron chi connectivity index (χ1n) is 6.28. The Hall–Kier alpha value is -1.79. The number of thioether (sulfide) groups is 1. The van der Waals surface area contributed by atoms with Crippen molar-refractivity contribution in [2.75, 3.05) is 11.1 Å². The molecule has 2 N–H and O–H groups in total. The second kappa shape index (κ2) is 6.78. The van der Waals surface area contributed by atoms with Crippen LogP contribution in [0, 0.1) is 13.8 Å². The number of thiophene rings is 1. The maximum Gasteiger partial charge on any atom is 0.345 e.